The number of rotatable bonds is 6. The number of methoxy groups -OCH3 is 2. The van der Waals surface area contributed by atoms with Crippen molar-refractivity contribution in [2.45, 2.75) is 38.3 Å². The molecule has 1 amide bonds. The van der Waals surface area contributed by atoms with Crippen molar-refractivity contribution in [3.8, 4) is 11.5 Å². The Kier molecular flexibility index (Phi) is 5.03. The van der Waals surface area contributed by atoms with Crippen LogP contribution in [0.5, 0.6) is 11.5 Å². The zero-order valence-electron chi connectivity index (χ0n) is 14.1. The first kappa shape index (κ1) is 16.4. The topological polar surface area (TPSA) is 65.4 Å². The quantitative estimate of drug-likeness (QED) is 0.880. The van der Waals surface area contributed by atoms with Crippen molar-refractivity contribution < 1.29 is 14.3 Å². The van der Waals surface area contributed by atoms with Crippen LogP contribution >= 0.6 is 0 Å². The van der Waals surface area contributed by atoms with Gasteiger partial charge < -0.3 is 19.4 Å². The molecule has 0 bridgehead atoms. The number of amides is 1. The second-order valence-corrected chi connectivity index (χ2v) is 5.95. The first-order valence-corrected chi connectivity index (χ1v) is 8.20. The fraction of sp³-hybridized carbons (Fsp3) is 0.444. The summed E-state index contributed by atoms with van der Waals surface area (Å²) in [5.41, 5.74) is 0.979. The molecule has 0 saturated heterocycles. The van der Waals surface area contributed by atoms with Gasteiger partial charge in [-0.15, -0.1) is 0 Å². The number of aromatic nitrogens is 2. The lowest BCUT2D eigenvalue weighted by molar-refractivity contribution is -0.122. The molecule has 0 unspecified atom stereocenters. The molecule has 24 heavy (non-hydrogen) atoms. The number of nitrogens with zero attached hydrogens (tertiary/aromatic N) is 2. The molecular formula is C18H23N3O3. The molecule has 3 rings (SSSR count). The smallest absolute Gasteiger partial charge is 0.220 e. The molecule has 0 spiro atoms. The van der Waals surface area contributed by atoms with Gasteiger partial charge in [-0.3, -0.25) is 4.79 Å². The van der Waals surface area contributed by atoms with Crippen LogP contribution in [0.1, 0.15) is 24.2 Å². The molecule has 128 valence electrons. The minimum absolute atomic E-state index is 0.0634. The highest BCUT2D eigenvalue weighted by Gasteiger charge is 2.20. The standard InChI is InChI=1S/C18H23N3O3/c1-23-15-5-3-4-13(18(15)24-2)6-9-17(22)20-14-7-8-16-19-10-11-21(16)12-14/h3-5,10-11,14H,6-9,12H2,1-2H3,(H,20,22)/t14-/m0/s1. The Bertz CT molecular complexity index is 711. The molecule has 2 aromatic rings. The maximum atomic E-state index is 12.3. The molecule has 1 aliphatic rings. The van der Waals surface area contributed by atoms with Gasteiger partial charge >= 0.3 is 0 Å². The summed E-state index contributed by atoms with van der Waals surface area (Å²) in [6.45, 7) is 0.795. The van der Waals surface area contributed by atoms with Crippen LogP contribution in [0.2, 0.25) is 0 Å². The van der Waals surface area contributed by atoms with Gasteiger partial charge in [0.25, 0.3) is 0 Å². The summed E-state index contributed by atoms with van der Waals surface area (Å²) < 4.78 is 12.8. The van der Waals surface area contributed by atoms with Crippen LogP contribution in [0, 0.1) is 0 Å². The van der Waals surface area contributed by atoms with Gasteiger partial charge in [0.15, 0.2) is 11.5 Å². The molecule has 0 radical (unpaired) electrons. The Balaban J connectivity index is 1.55. The van der Waals surface area contributed by atoms with Crippen LogP contribution in [0.3, 0.4) is 0 Å². The monoisotopic (exact) mass is 329 g/mol. The van der Waals surface area contributed by atoms with Gasteiger partial charge in [0.1, 0.15) is 5.82 Å². The van der Waals surface area contributed by atoms with E-state index in [1.165, 1.54) is 0 Å². The first-order chi connectivity index (χ1) is 11.7. The molecule has 6 nitrogen and oxygen atoms in total. The van der Waals surface area contributed by atoms with Crippen molar-refractivity contribution >= 4 is 5.91 Å². The minimum Gasteiger partial charge on any atom is -0.493 e. The molecule has 0 saturated carbocycles. The maximum Gasteiger partial charge on any atom is 0.220 e. The highest BCUT2D eigenvalue weighted by molar-refractivity contribution is 5.76. The highest BCUT2D eigenvalue weighted by atomic mass is 16.5. The van der Waals surface area contributed by atoms with E-state index in [2.05, 4.69) is 14.9 Å². The molecule has 1 aliphatic heterocycles. The van der Waals surface area contributed by atoms with Gasteiger partial charge in [0.05, 0.1) is 14.2 Å². The number of imidazole rings is 1. The average molecular weight is 329 g/mol. The Morgan fingerprint density at radius 2 is 2.25 bits per heavy atom. The van der Waals surface area contributed by atoms with Gasteiger partial charge in [-0.2, -0.15) is 0 Å². The van der Waals surface area contributed by atoms with Crippen LogP contribution in [-0.4, -0.2) is 35.7 Å². The van der Waals surface area contributed by atoms with Crippen molar-refractivity contribution in [3.05, 3.63) is 42.0 Å². The van der Waals surface area contributed by atoms with E-state index < -0.39 is 0 Å². The molecular weight excluding hydrogens is 306 g/mol. The number of hydrogen-bond acceptors (Lipinski definition) is 4. The largest absolute Gasteiger partial charge is 0.493 e. The fourth-order valence-corrected chi connectivity index (χ4v) is 3.18. The van der Waals surface area contributed by atoms with E-state index in [-0.39, 0.29) is 11.9 Å². The predicted octanol–water partition coefficient (Wildman–Crippen LogP) is 1.96. The summed E-state index contributed by atoms with van der Waals surface area (Å²) in [5, 5.41) is 3.13. The highest BCUT2D eigenvalue weighted by Crippen LogP contribution is 2.31. The Labute approximate surface area is 141 Å². The Hall–Kier alpha value is -2.50. The lowest BCUT2D eigenvalue weighted by atomic mass is 10.1. The molecule has 1 N–H and O–H groups in total. The summed E-state index contributed by atoms with van der Waals surface area (Å²) in [6, 6.07) is 5.91. The second-order valence-electron chi connectivity index (χ2n) is 5.95. The number of para-hydroxylation sites is 1. The Morgan fingerprint density at radius 3 is 3.04 bits per heavy atom. The number of benzene rings is 1. The summed E-state index contributed by atoms with van der Waals surface area (Å²) in [6.07, 6.45) is 6.67. The normalized spacial score (nSPS) is 16.3. The number of carbonyl (C=O) groups is 1. The van der Waals surface area contributed by atoms with Gasteiger partial charge in [0.2, 0.25) is 5.91 Å². The van der Waals surface area contributed by atoms with E-state index in [0.29, 0.717) is 24.3 Å². The zero-order valence-corrected chi connectivity index (χ0v) is 14.1. The molecule has 2 heterocycles. The molecule has 0 fully saturated rings. The van der Waals surface area contributed by atoms with Crippen LogP contribution in [0.15, 0.2) is 30.6 Å². The lowest BCUT2D eigenvalue weighted by Crippen LogP contribution is -2.40. The third-order valence-corrected chi connectivity index (χ3v) is 4.41. The van der Waals surface area contributed by atoms with Crippen molar-refractivity contribution in [1.29, 1.82) is 0 Å². The minimum atomic E-state index is 0.0634. The number of nitrogens with one attached hydrogen (secondary N) is 1. The number of hydrogen-bond donors (Lipinski definition) is 1. The van der Waals surface area contributed by atoms with E-state index in [1.807, 2.05) is 30.6 Å². The van der Waals surface area contributed by atoms with Crippen molar-refractivity contribution in [3.63, 3.8) is 0 Å². The number of aryl methyl sites for hydroxylation is 2. The number of ether oxygens (including phenoxy) is 2. The van der Waals surface area contributed by atoms with E-state index in [9.17, 15) is 4.79 Å². The molecule has 1 atom stereocenters. The maximum absolute atomic E-state index is 12.3. The van der Waals surface area contributed by atoms with Crippen LogP contribution in [-0.2, 0) is 24.2 Å². The van der Waals surface area contributed by atoms with Crippen LogP contribution in [0.4, 0.5) is 0 Å². The van der Waals surface area contributed by atoms with E-state index in [0.717, 1.165) is 30.8 Å². The Morgan fingerprint density at radius 1 is 1.38 bits per heavy atom. The van der Waals surface area contributed by atoms with Gasteiger partial charge in [0, 0.05) is 37.8 Å². The summed E-state index contributed by atoms with van der Waals surface area (Å²) in [4.78, 5) is 16.6. The third kappa shape index (κ3) is 3.53. The summed E-state index contributed by atoms with van der Waals surface area (Å²) in [5.74, 6) is 2.55. The molecule has 6 heteroatoms. The van der Waals surface area contributed by atoms with Gasteiger partial charge in [-0.25, -0.2) is 4.98 Å². The number of fused-ring (bicyclic) bond motifs is 1. The van der Waals surface area contributed by atoms with Crippen molar-refractivity contribution in [1.82, 2.24) is 14.9 Å². The van der Waals surface area contributed by atoms with Crippen LogP contribution in [0.25, 0.3) is 0 Å². The second kappa shape index (κ2) is 7.38. The van der Waals surface area contributed by atoms with Gasteiger partial charge in [-0.1, -0.05) is 12.1 Å². The van der Waals surface area contributed by atoms with Crippen molar-refractivity contribution in [2.24, 2.45) is 0 Å². The molecule has 1 aromatic heterocycles. The molecule has 1 aromatic carbocycles. The fourth-order valence-electron chi connectivity index (χ4n) is 3.18. The van der Waals surface area contributed by atoms with E-state index in [1.54, 1.807) is 14.2 Å². The lowest BCUT2D eigenvalue weighted by Gasteiger charge is -2.24. The number of carbonyl (C=O) groups excluding carboxylic acids is 1. The average Bonchev–Trinajstić information content (AvgIpc) is 3.07. The molecule has 0 aliphatic carbocycles. The predicted molar refractivity (Wildman–Crippen MR) is 90.3 cm³/mol. The third-order valence-electron chi connectivity index (χ3n) is 4.41. The zero-order chi connectivity index (χ0) is 16.9. The van der Waals surface area contributed by atoms with E-state index in [4.69, 9.17) is 9.47 Å². The summed E-state index contributed by atoms with van der Waals surface area (Å²) in [7, 11) is 3.23. The summed E-state index contributed by atoms with van der Waals surface area (Å²) >= 11 is 0. The first-order valence-electron chi connectivity index (χ1n) is 8.20. The van der Waals surface area contributed by atoms with E-state index >= 15 is 0 Å². The van der Waals surface area contributed by atoms with Gasteiger partial charge in [-0.05, 0) is 24.5 Å². The SMILES string of the molecule is COc1cccc(CCC(=O)N[C@H]2CCc3nccn3C2)c1OC. The van der Waals surface area contributed by atoms with Crippen molar-refractivity contribution in [2.75, 3.05) is 14.2 Å². The van der Waals surface area contributed by atoms with Crippen LogP contribution < -0.4 is 14.8 Å².